The highest BCUT2D eigenvalue weighted by atomic mass is 79.9. The lowest BCUT2D eigenvalue weighted by Gasteiger charge is -2.07. The van der Waals surface area contributed by atoms with E-state index in [0.29, 0.717) is 11.2 Å². The van der Waals surface area contributed by atoms with Gasteiger partial charge in [-0.1, -0.05) is 49.0 Å². The maximum absolute atomic E-state index is 5.93. The van der Waals surface area contributed by atoms with E-state index in [1.165, 1.54) is 0 Å². The SMILES string of the molecule is [B]c1ccc(SSc2ccc(Br)cc2N)c(N)c1. The Morgan fingerprint density at radius 2 is 1.44 bits per heavy atom. The fraction of sp³-hybridized carbons (Fsp3) is 0. The van der Waals surface area contributed by atoms with Crippen LogP contribution in [0, 0.1) is 0 Å². The molecule has 0 aliphatic heterocycles. The molecule has 0 bridgehead atoms. The molecule has 2 aromatic carbocycles. The van der Waals surface area contributed by atoms with E-state index in [1.54, 1.807) is 27.7 Å². The first-order valence-electron chi connectivity index (χ1n) is 5.11. The van der Waals surface area contributed by atoms with Crippen LogP contribution in [0.2, 0.25) is 0 Å². The Balaban J connectivity index is 2.11. The van der Waals surface area contributed by atoms with Gasteiger partial charge >= 0.3 is 0 Å². The van der Waals surface area contributed by atoms with Gasteiger partial charge in [-0.25, -0.2) is 0 Å². The summed E-state index contributed by atoms with van der Waals surface area (Å²) in [5.74, 6) is 0. The Kier molecular flexibility index (Phi) is 4.53. The molecule has 0 fully saturated rings. The number of nitrogens with two attached hydrogens (primary N) is 2. The molecule has 2 radical (unpaired) electrons. The standard InChI is InChI=1S/C12H10BBrN2S2/c13-7-1-3-11(9(15)5-7)17-18-12-4-2-8(14)6-10(12)16/h1-6H,15-16H2. The highest BCUT2D eigenvalue weighted by Gasteiger charge is 2.05. The molecule has 0 heterocycles. The zero-order valence-corrected chi connectivity index (χ0v) is 12.6. The normalized spacial score (nSPS) is 10.5. The lowest BCUT2D eigenvalue weighted by atomic mass is 9.96. The number of benzene rings is 2. The summed E-state index contributed by atoms with van der Waals surface area (Å²) in [5, 5.41) is 0. The van der Waals surface area contributed by atoms with Gasteiger partial charge in [0.25, 0.3) is 0 Å². The summed E-state index contributed by atoms with van der Waals surface area (Å²) in [4.78, 5) is 2.00. The molecule has 2 aromatic rings. The van der Waals surface area contributed by atoms with Crippen molar-refractivity contribution in [3.63, 3.8) is 0 Å². The molecule has 18 heavy (non-hydrogen) atoms. The first kappa shape index (κ1) is 13.7. The summed E-state index contributed by atoms with van der Waals surface area (Å²) in [6.07, 6.45) is 0. The van der Waals surface area contributed by atoms with E-state index >= 15 is 0 Å². The fourth-order valence-electron chi connectivity index (χ4n) is 1.33. The van der Waals surface area contributed by atoms with Gasteiger partial charge in [0.1, 0.15) is 7.85 Å². The molecule has 0 amide bonds. The maximum atomic E-state index is 5.93. The second-order valence-corrected chi connectivity index (χ2v) is 6.77. The van der Waals surface area contributed by atoms with Crippen LogP contribution in [-0.2, 0) is 0 Å². The van der Waals surface area contributed by atoms with Crippen molar-refractivity contribution in [3.8, 4) is 0 Å². The molecule has 0 aromatic heterocycles. The van der Waals surface area contributed by atoms with Crippen molar-refractivity contribution < 1.29 is 0 Å². The second kappa shape index (κ2) is 5.95. The van der Waals surface area contributed by atoms with E-state index in [4.69, 9.17) is 19.3 Å². The van der Waals surface area contributed by atoms with Crippen LogP contribution in [0.5, 0.6) is 0 Å². The molecule has 6 heteroatoms. The van der Waals surface area contributed by atoms with Gasteiger partial charge in [0, 0.05) is 25.6 Å². The second-order valence-electron chi connectivity index (χ2n) is 3.65. The van der Waals surface area contributed by atoms with E-state index in [9.17, 15) is 0 Å². The lowest BCUT2D eigenvalue weighted by Crippen LogP contribution is -2.03. The van der Waals surface area contributed by atoms with Crippen molar-refractivity contribution in [3.05, 3.63) is 40.9 Å². The van der Waals surface area contributed by atoms with Crippen LogP contribution in [0.4, 0.5) is 11.4 Å². The van der Waals surface area contributed by atoms with Crippen molar-refractivity contribution in [2.24, 2.45) is 0 Å². The number of hydrogen-bond acceptors (Lipinski definition) is 4. The van der Waals surface area contributed by atoms with Gasteiger partial charge in [-0.05, 0) is 30.3 Å². The highest BCUT2D eigenvalue weighted by molar-refractivity contribution is 9.10. The Morgan fingerprint density at radius 1 is 0.889 bits per heavy atom. The van der Waals surface area contributed by atoms with Crippen LogP contribution in [0.15, 0.2) is 50.7 Å². The number of anilines is 2. The van der Waals surface area contributed by atoms with Gasteiger partial charge in [0.05, 0.1) is 0 Å². The van der Waals surface area contributed by atoms with Gasteiger partial charge in [0.15, 0.2) is 0 Å². The molecular weight excluding hydrogens is 327 g/mol. The van der Waals surface area contributed by atoms with Gasteiger partial charge in [-0.3, -0.25) is 0 Å². The molecule has 2 rings (SSSR count). The van der Waals surface area contributed by atoms with Crippen LogP contribution < -0.4 is 16.9 Å². The van der Waals surface area contributed by atoms with Crippen LogP contribution >= 0.6 is 37.5 Å². The third-order valence-corrected chi connectivity index (χ3v) is 5.23. The van der Waals surface area contributed by atoms with Crippen LogP contribution in [0.3, 0.4) is 0 Å². The molecule has 2 nitrogen and oxygen atoms in total. The fourth-order valence-corrected chi connectivity index (χ4v) is 3.89. The molecule has 0 saturated carbocycles. The molecule has 0 aliphatic rings. The average molecular weight is 337 g/mol. The third kappa shape index (κ3) is 3.40. The summed E-state index contributed by atoms with van der Waals surface area (Å²) in [7, 11) is 8.80. The predicted octanol–water partition coefficient (Wildman–Crippen LogP) is 3.21. The first-order valence-corrected chi connectivity index (χ1v) is 8.05. The van der Waals surface area contributed by atoms with Crippen molar-refractivity contribution >= 4 is 62.2 Å². The van der Waals surface area contributed by atoms with E-state index in [0.717, 1.165) is 20.0 Å². The lowest BCUT2D eigenvalue weighted by molar-refractivity contribution is 1.45. The summed E-state index contributed by atoms with van der Waals surface area (Å²) in [6.45, 7) is 0. The maximum Gasteiger partial charge on any atom is 0.113 e. The van der Waals surface area contributed by atoms with Crippen molar-refractivity contribution in [2.75, 3.05) is 11.5 Å². The third-order valence-electron chi connectivity index (χ3n) is 2.23. The van der Waals surface area contributed by atoms with Gasteiger partial charge < -0.3 is 11.5 Å². The Morgan fingerprint density at radius 3 is 2.00 bits per heavy atom. The number of nitrogen functional groups attached to an aromatic ring is 2. The molecule has 0 saturated heterocycles. The molecule has 0 aliphatic carbocycles. The number of rotatable bonds is 3. The summed E-state index contributed by atoms with van der Waals surface area (Å²) < 4.78 is 0.973. The molecule has 4 N–H and O–H groups in total. The van der Waals surface area contributed by atoms with E-state index in [1.807, 2.05) is 30.3 Å². The molecule has 90 valence electrons. The summed E-state index contributed by atoms with van der Waals surface area (Å²) in [6, 6.07) is 11.3. The molecule has 0 unspecified atom stereocenters. The van der Waals surface area contributed by atoms with E-state index in [2.05, 4.69) is 15.9 Å². The van der Waals surface area contributed by atoms with Crippen molar-refractivity contribution in [1.29, 1.82) is 0 Å². The van der Waals surface area contributed by atoms with Gasteiger partial charge in [0.2, 0.25) is 0 Å². The minimum atomic E-state index is 0.671. The summed E-state index contributed by atoms with van der Waals surface area (Å²) in [5.41, 5.74) is 13.9. The van der Waals surface area contributed by atoms with Crippen molar-refractivity contribution in [2.45, 2.75) is 9.79 Å². The van der Waals surface area contributed by atoms with Crippen LogP contribution in [0.25, 0.3) is 0 Å². The highest BCUT2D eigenvalue weighted by Crippen LogP contribution is 2.42. The summed E-state index contributed by atoms with van der Waals surface area (Å²) >= 11 is 3.38. The van der Waals surface area contributed by atoms with Gasteiger partial charge in [-0.2, -0.15) is 0 Å². The predicted molar refractivity (Wildman–Crippen MR) is 86.5 cm³/mol. The zero-order valence-electron chi connectivity index (χ0n) is 9.39. The number of hydrogen-bond donors (Lipinski definition) is 2. The minimum absolute atomic E-state index is 0.671. The molecule has 0 atom stereocenters. The molecule has 0 spiro atoms. The minimum Gasteiger partial charge on any atom is -0.398 e. The average Bonchev–Trinajstić information content (AvgIpc) is 2.30. The topological polar surface area (TPSA) is 52.0 Å². The van der Waals surface area contributed by atoms with Gasteiger partial charge in [-0.15, -0.1) is 0 Å². The van der Waals surface area contributed by atoms with E-state index in [-0.39, 0.29) is 0 Å². The van der Waals surface area contributed by atoms with Crippen LogP contribution in [0.1, 0.15) is 0 Å². The Hall–Kier alpha value is -0.715. The first-order chi connectivity index (χ1) is 8.56. The largest absolute Gasteiger partial charge is 0.398 e. The Labute approximate surface area is 124 Å². The van der Waals surface area contributed by atoms with Crippen LogP contribution in [-0.4, -0.2) is 7.85 Å². The Bertz CT molecular complexity index is 526. The van der Waals surface area contributed by atoms with Crippen molar-refractivity contribution in [1.82, 2.24) is 0 Å². The molecular formula is C12H10BBrN2S2. The smallest absolute Gasteiger partial charge is 0.113 e. The number of halogens is 1. The monoisotopic (exact) mass is 336 g/mol. The zero-order chi connectivity index (χ0) is 13.1. The van der Waals surface area contributed by atoms with E-state index < -0.39 is 0 Å². The quantitative estimate of drug-likeness (QED) is 0.513.